The summed E-state index contributed by atoms with van der Waals surface area (Å²) < 4.78 is 27.6. The van der Waals surface area contributed by atoms with Crippen LogP contribution in [0.5, 0.6) is 0 Å². The summed E-state index contributed by atoms with van der Waals surface area (Å²) in [5.74, 6) is -0.208. The maximum atomic E-state index is 12.9. The molecule has 6 nitrogen and oxygen atoms in total. The minimum absolute atomic E-state index is 0.0671. The van der Waals surface area contributed by atoms with Gasteiger partial charge in [-0.25, -0.2) is 13.4 Å². The lowest BCUT2D eigenvalue weighted by atomic mass is 10.0. The monoisotopic (exact) mass is 393 g/mol. The Morgan fingerprint density at radius 1 is 1.31 bits per heavy atom. The predicted octanol–water partition coefficient (Wildman–Crippen LogP) is 2.87. The lowest BCUT2D eigenvalue weighted by Gasteiger charge is -2.36. The van der Waals surface area contributed by atoms with Crippen LogP contribution in [0.1, 0.15) is 42.8 Å². The van der Waals surface area contributed by atoms with Gasteiger partial charge in [-0.3, -0.25) is 4.79 Å². The van der Waals surface area contributed by atoms with Crippen LogP contribution in [0.4, 0.5) is 0 Å². The fourth-order valence-corrected chi connectivity index (χ4v) is 5.15. The SMILES string of the molecule is Cc1ccc(S(=O)(=O)N[C@@H](C)C(=O)N2CCCCC2c2nccs2)cc1. The molecule has 0 aliphatic carbocycles. The Morgan fingerprint density at radius 2 is 2.04 bits per heavy atom. The highest BCUT2D eigenvalue weighted by atomic mass is 32.2. The zero-order valence-electron chi connectivity index (χ0n) is 14.9. The number of hydrogen-bond donors (Lipinski definition) is 1. The number of likely N-dealkylation sites (tertiary alicyclic amines) is 1. The number of piperidine rings is 1. The number of carbonyl (C=O) groups is 1. The number of carbonyl (C=O) groups excluding carboxylic acids is 1. The van der Waals surface area contributed by atoms with Gasteiger partial charge in [0.15, 0.2) is 0 Å². The molecule has 1 aromatic heterocycles. The van der Waals surface area contributed by atoms with Gasteiger partial charge in [0.1, 0.15) is 5.01 Å². The van der Waals surface area contributed by atoms with Gasteiger partial charge in [-0.2, -0.15) is 4.72 Å². The number of sulfonamides is 1. The third kappa shape index (κ3) is 4.13. The van der Waals surface area contributed by atoms with Gasteiger partial charge in [0, 0.05) is 18.1 Å². The molecule has 1 unspecified atom stereocenters. The first-order chi connectivity index (χ1) is 12.4. The van der Waals surface area contributed by atoms with Gasteiger partial charge < -0.3 is 4.90 Å². The average Bonchev–Trinajstić information content (AvgIpc) is 3.15. The Morgan fingerprint density at radius 3 is 2.69 bits per heavy atom. The second-order valence-corrected chi connectivity index (χ2v) is 9.21. The average molecular weight is 394 g/mol. The second-order valence-electron chi connectivity index (χ2n) is 6.57. The van der Waals surface area contributed by atoms with E-state index in [1.54, 1.807) is 42.3 Å². The maximum absolute atomic E-state index is 12.9. The molecule has 1 N–H and O–H groups in total. The molecule has 1 fully saturated rings. The van der Waals surface area contributed by atoms with Crippen LogP contribution >= 0.6 is 11.3 Å². The normalized spacial score (nSPS) is 19.3. The van der Waals surface area contributed by atoms with E-state index >= 15 is 0 Å². The Labute approximate surface area is 158 Å². The Hall–Kier alpha value is -1.77. The minimum atomic E-state index is -3.74. The van der Waals surface area contributed by atoms with E-state index in [4.69, 9.17) is 0 Å². The molecule has 1 aromatic carbocycles. The molecular weight excluding hydrogens is 370 g/mol. The molecule has 2 aromatic rings. The number of hydrogen-bond acceptors (Lipinski definition) is 5. The summed E-state index contributed by atoms with van der Waals surface area (Å²) >= 11 is 1.53. The lowest BCUT2D eigenvalue weighted by Crippen LogP contribution is -2.49. The number of nitrogens with zero attached hydrogens (tertiary/aromatic N) is 2. The van der Waals surface area contributed by atoms with Crippen molar-refractivity contribution in [3.63, 3.8) is 0 Å². The number of aromatic nitrogens is 1. The fraction of sp³-hybridized carbons (Fsp3) is 0.444. The lowest BCUT2D eigenvalue weighted by molar-refractivity contribution is -0.136. The van der Waals surface area contributed by atoms with E-state index < -0.39 is 16.1 Å². The number of thiazole rings is 1. The molecule has 3 rings (SSSR count). The fourth-order valence-electron chi connectivity index (χ4n) is 3.17. The van der Waals surface area contributed by atoms with Crippen molar-refractivity contribution in [3.05, 3.63) is 46.4 Å². The van der Waals surface area contributed by atoms with Crippen LogP contribution < -0.4 is 4.72 Å². The van der Waals surface area contributed by atoms with E-state index in [0.29, 0.717) is 6.54 Å². The molecule has 0 saturated carbocycles. The number of benzene rings is 1. The standard InChI is InChI=1S/C18H23N3O3S2/c1-13-6-8-15(9-7-13)26(23,24)20-14(2)18(22)21-11-4-3-5-16(21)17-19-10-12-25-17/h6-10,12,14,16,20H,3-5,11H2,1-2H3/t14-,16?/m0/s1. The second kappa shape index (κ2) is 7.85. The van der Waals surface area contributed by atoms with Crippen molar-refractivity contribution in [3.8, 4) is 0 Å². The third-order valence-corrected chi connectivity index (χ3v) is 6.99. The quantitative estimate of drug-likeness (QED) is 0.847. The molecule has 26 heavy (non-hydrogen) atoms. The Kier molecular flexibility index (Phi) is 5.74. The zero-order valence-corrected chi connectivity index (χ0v) is 16.5. The highest BCUT2D eigenvalue weighted by molar-refractivity contribution is 7.89. The molecule has 1 amide bonds. The summed E-state index contributed by atoms with van der Waals surface area (Å²) in [7, 11) is -3.74. The highest BCUT2D eigenvalue weighted by Crippen LogP contribution is 2.32. The van der Waals surface area contributed by atoms with Crippen molar-refractivity contribution in [2.24, 2.45) is 0 Å². The van der Waals surface area contributed by atoms with Gasteiger partial charge in [-0.05, 0) is 45.2 Å². The first-order valence-corrected chi connectivity index (χ1v) is 11.0. The summed E-state index contributed by atoms with van der Waals surface area (Å²) in [6.45, 7) is 4.12. The topological polar surface area (TPSA) is 79.4 Å². The molecule has 1 aliphatic heterocycles. The van der Waals surface area contributed by atoms with Gasteiger partial charge in [-0.1, -0.05) is 17.7 Å². The smallest absolute Gasteiger partial charge is 0.241 e. The van der Waals surface area contributed by atoms with E-state index in [-0.39, 0.29) is 16.8 Å². The van der Waals surface area contributed by atoms with Crippen LogP contribution in [0, 0.1) is 6.92 Å². The van der Waals surface area contributed by atoms with E-state index in [0.717, 1.165) is 29.8 Å². The van der Waals surface area contributed by atoms with Crippen molar-refractivity contribution in [2.45, 2.75) is 50.1 Å². The van der Waals surface area contributed by atoms with Crippen LogP contribution in [0.15, 0.2) is 40.7 Å². The first-order valence-electron chi connectivity index (χ1n) is 8.67. The minimum Gasteiger partial charge on any atom is -0.332 e. The summed E-state index contributed by atoms with van der Waals surface area (Å²) in [5, 5.41) is 2.81. The molecule has 2 heterocycles. The molecule has 0 radical (unpaired) electrons. The summed E-state index contributed by atoms with van der Waals surface area (Å²) in [4.78, 5) is 19.2. The van der Waals surface area contributed by atoms with Crippen molar-refractivity contribution < 1.29 is 13.2 Å². The number of amides is 1. The predicted molar refractivity (Wildman–Crippen MR) is 101 cm³/mol. The summed E-state index contributed by atoms with van der Waals surface area (Å²) in [5.41, 5.74) is 0.979. The van der Waals surface area contributed by atoms with E-state index in [9.17, 15) is 13.2 Å². The molecular formula is C18H23N3O3S2. The summed E-state index contributed by atoms with van der Waals surface area (Å²) in [6.07, 6.45) is 4.56. The number of nitrogens with one attached hydrogen (secondary N) is 1. The van der Waals surface area contributed by atoms with Crippen LogP contribution in [0.25, 0.3) is 0 Å². The van der Waals surface area contributed by atoms with Crippen LogP contribution in [-0.4, -0.2) is 36.8 Å². The van der Waals surface area contributed by atoms with Gasteiger partial charge >= 0.3 is 0 Å². The van der Waals surface area contributed by atoms with Gasteiger partial charge in [0.2, 0.25) is 15.9 Å². The van der Waals surface area contributed by atoms with Gasteiger partial charge in [0.25, 0.3) is 0 Å². The van der Waals surface area contributed by atoms with Crippen molar-refractivity contribution >= 4 is 27.3 Å². The van der Waals surface area contributed by atoms with Crippen LogP contribution in [0.3, 0.4) is 0 Å². The molecule has 8 heteroatoms. The molecule has 140 valence electrons. The maximum Gasteiger partial charge on any atom is 0.241 e. The third-order valence-electron chi connectivity index (χ3n) is 4.56. The number of aryl methyl sites for hydroxylation is 1. The van der Waals surface area contributed by atoms with Crippen molar-refractivity contribution in [2.75, 3.05) is 6.54 Å². The molecule has 1 aliphatic rings. The highest BCUT2D eigenvalue weighted by Gasteiger charge is 2.33. The largest absolute Gasteiger partial charge is 0.332 e. The van der Waals surface area contributed by atoms with E-state index in [1.807, 2.05) is 12.3 Å². The van der Waals surface area contributed by atoms with E-state index in [1.165, 1.54) is 11.3 Å². The van der Waals surface area contributed by atoms with Gasteiger partial charge in [0.05, 0.1) is 17.0 Å². The Bertz CT molecular complexity index is 848. The first kappa shape index (κ1) is 19.0. The number of rotatable bonds is 5. The zero-order chi connectivity index (χ0) is 18.7. The molecule has 1 saturated heterocycles. The van der Waals surface area contributed by atoms with Gasteiger partial charge in [-0.15, -0.1) is 11.3 Å². The molecule has 2 atom stereocenters. The summed E-state index contributed by atoms with van der Waals surface area (Å²) in [6, 6.07) is 5.68. The molecule has 0 spiro atoms. The Balaban J connectivity index is 1.75. The van der Waals surface area contributed by atoms with Crippen molar-refractivity contribution in [1.29, 1.82) is 0 Å². The van der Waals surface area contributed by atoms with E-state index in [2.05, 4.69) is 9.71 Å². The van der Waals surface area contributed by atoms with Crippen LogP contribution in [-0.2, 0) is 14.8 Å². The van der Waals surface area contributed by atoms with Crippen molar-refractivity contribution in [1.82, 2.24) is 14.6 Å². The van der Waals surface area contributed by atoms with Crippen LogP contribution in [0.2, 0.25) is 0 Å². The molecule has 0 bridgehead atoms.